The number of hydrogen-bond acceptors (Lipinski definition) is 8. The normalized spacial score (nSPS) is 11.2. The van der Waals surface area contributed by atoms with Crippen molar-refractivity contribution in [2.24, 2.45) is 4.99 Å². The number of non-ortho nitro benzene ring substituents is 1. The Bertz CT molecular complexity index is 1680. The highest BCUT2D eigenvalue weighted by Crippen LogP contribution is 2.34. The summed E-state index contributed by atoms with van der Waals surface area (Å²) in [7, 11) is 0. The van der Waals surface area contributed by atoms with Gasteiger partial charge in [-0.2, -0.15) is 0 Å². The zero-order valence-electron chi connectivity index (χ0n) is 18.8. The average molecular weight is 498 g/mol. The van der Waals surface area contributed by atoms with Crippen LogP contribution in [-0.4, -0.2) is 21.0 Å². The number of halogens is 1. The van der Waals surface area contributed by atoms with Gasteiger partial charge in [0.2, 0.25) is 11.6 Å². The fourth-order valence-electron chi connectivity index (χ4n) is 3.49. The fourth-order valence-corrected chi connectivity index (χ4v) is 3.49. The number of hydrogen-bond donors (Lipinski definition) is 0. The van der Waals surface area contributed by atoms with E-state index in [1.807, 2.05) is 0 Å². The highest BCUT2D eigenvalue weighted by atomic mass is 19.1. The lowest BCUT2D eigenvalue weighted by Crippen LogP contribution is -1.96. The van der Waals surface area contributed by atoms with Gasteiger partial charge in [-0.05, 0) is 72.3 Å². The van der Waals surface area contributed by atoms with Gasteiger partial charge >= 0.3 is 5.69 Å². The van der Waals surface area contributed by atoms with Crippen LogP contribution in [0.2, 0.25) is 0 Å². The summed E-state index contributed by atoms with van der Waals surface area (Å²) >= 11 is 0. The molecule has 0 N–H and O–H groups in total. The third kappa shape index (κ3) is 5.15. The highest BCUT2D eigenvalue weighted by Gasteiger charge is 2.21. The van der Waals surface area contributed by atoms with E-state index >= 15 is 0 Å². The Hall–Kier alpha value is -5.45. The number of nitro benzene ring substituents is 2. The largest absolute Gasteiger partial charge is 0.450 e. The number of nitro groups is 2. The van der Waals surface area contributed by atoms with Gasteiger partial charge in [-0.3, -0.25) is 25.2 Å². The summed E-state index contributed by atoms with van der Waals surface area (Å²) in [5.41, 5.74) is 2.08. The quantitative estimate of drug-likeness (QED) is 0.134. The van der Waals surface area contributed by atoms with Gasteiger partial charge in [0.05, 0.1) is 21.6 Å². The van der Waals surface area contributed by atoms with Crippen LogP contribution >= 0.6 is 0 Å². The molecule has 4 aromatic carbocycles. The molecule has 0 aliphatic rings. The van der Waals surface area contributed by atoms with E-state index in [-0.39, 0.29) is 11.6 Å². The Morgan fingerprint density at radius 2 is 1.73 bits per heavy atom. The molecule has 0 saturated carbocycles. The van der Waals surface area contributed by atoms with Crippen LogP contribution in [0, 0.1) is 26.0 Å². The molecule has 0 spiro atoms. The highest BCUT2D eigenvalue weighted by molar-refractivity contribution is 5.85. The minimum Gasteiger partial charge on any atom is -0.450 e. The molecule has 0 bridgehead atoms. The molecule has 5 rings (SSSR count). The van der Waals surface area contributed by atoms with Crippen molar-refractivity contribution < 1.29 is 23.4 Å². The smallest absolute Gasteiger partial charge is 0.318 e. The molecule has 0 radical (unpaired) electrons. The average Bonchev–Trinajstić information content (AvgIpc) is 3.32. The van der Waals surface area contributed by atoms with Crippen molar-refractivity contribution in [2.45, 2.75) is 0 Å². The molecule has 0 atom stereocenters. The molecule has 0 fully saturated rings. The van der Waals surface area contributed by atoms with Crippen molar-refractivity contribution in [3.05, 3.63) is 117 Å². The number of benzene rings is 4. The van der Waals surface area contributed by atoms with Crippen LogP contribution in [-0.2, 0) is 0 Å². The maximum absolute atomic E-state index is 13.5. The Balaban J connectivity index is 1.31. The Labute approximate surface area is 207 Å². The van der Waals surface area contributed by atoms with E-state index in [0.29, 0.717) is 34.0 Å². The van der Waals surface area contributed by atoms with E-state index in [1.165, 1.54) is 18.2 Å². The first-order valence-corrected chi connectivity index (χ1v) is 10.8. The van der Waals surface area contributed by atoms with Gasteiger partial charge in [-0.1, -0.05) is 6.07 Å². The van der Waals surface area contributed by atoms with Crippen molar-refractivity contribution in [3.63, 3.8) is 0 Å². The topological polar surface area (TPSA) is 134 Å². The number of fused-ring (bicyclic) bond motifs is 1. The number of aromatic nitrogens is 1. The second-order valence-electron chi connectivity index (χ2n) is 7.78. The van der Waals surface area contributed by atoms with Gasteiger partial charge < -0.3 is 9.15 Å². The van der Waals surface area contributed by atoms with E-state index in [0.717, 1.165) is 17.7 Å². The summed E-state index contributed by atoms with van der Waals surface area (Å²) in [5.74, 6) is 0.116. The Morgan fingerprint density at radius 3 is 2.46 bits per heavy atom. The monoisotopic (exact) mass is 498 g/mol. The SMILES string of the molecule is O=[N+]([O-])c1ccc(Oc2ccc(C=Nc3ccc4oc(-c5cccc(F)c5)nc4c3)cc2)c([N+](=O)[O-])c1. The minimum absolute atomic E-state index is 0.115. The van der Waals surface area contributed by atoms with Crippen LogP contribution in [0.15, 0.2) is 94.3 Å². The molecule has 5 aromatic rings. The molecule has 182 valence electrons. The van der Waals surface area contributed by atoms with Crippen LogP contribution in [0.25, 0.3) is 22.6 Å². The van der Waals surface area contributed by atoms with Crippen LogP contribution in [0.5, 0.6) is 11.5 Å². The summed E-state index contributed by atoms with van der Waals surface area (Å²) in [6.45, 7) is 0. The molecule has 0 amide bonds. The number of oxazole rings is 1. The molecule has 0 aliphatic carbocycles. The number of rotatable bonds is 7. The first kappa shape index (κ1) is 23.3. The van der Waals surface area contributed by atoms with E-state index in [4.69, 9.17) is 9.15 Å². The van der Waals surface area contributed by atoms with Crippen molar-refractivity contribution in [1.29, 1.82) is 0 Å². The summed E-state index contributed by atoms with van der Waals surface area (Å²) < 4.78 is 24.8. The molecular formula is C26H15FN4O6. The fraction of sp³-hybridized carbons (Fsp3) is 0. The van der Waals surface area contributed by atoms with Gasteiger partial charge in [-0.25, -0.2) is 9.37 Å². The van der Waals surface area contributed by atoms with Gasteiger partial charge in [-0.15, -0.1) is 0 Å². The Morgan fingerprint density at radius 1 is 0.919 bits per heavy atom. The number of nitrogens with zero attached hydrogens (tertiary/aromatic N) is 4. The van der Waals surface area contributed by atoms with Crippen molar-refractivity contribution in [3.8, 4) is 23.0 Å². The maximum Gasteiger partial charge on any atom is 0.318 e. The maximum atomic E-state index is 13.5. The molecule has 11 heteroatoms. The lowest BCUT2D eigenvalue weighted by Gasteiger charge is -2.06. The molecule has 1 heterocycles. The van der Waals surface area contributed by atoms with E-state index in [9.17, 15) is 24.6 Å². The first-order chi connectivity index (χ1) is 17.9. The molecule has 0 saturated heterocycles. The lowest BCUT2D eigenvalue weighted by atomic mass is 10.2. The van der Waals surface area contributed by atoms with Crippen LogP contribution in [0.1, 0.15) is 5.56 Å². The molecule has 10 nitrogen and oxygen atoms in total. The third-order valence-corrected chi connectivity index (χ3v) is 5.26. The molecule has 1 aromatic heterocycles. The zero-order valence-corrected chi connectivity index (χ0v) is 18.8. The van der Waals surface area contributed by atoms with Gasteiger partial charge in [0.15, 0.2) is 5.58 Å². The van der Waals surface area contributed by atoms with Crippen molar-refractivity contribution in [1.82, 2.24) is 4.98 Å². The minimum atomic E-state index is -0.740. The van der Waals surface area contributed by atoms with E-state index in [2.05, 4.69) is 9.98 Å². The predicted octanol–water partition coefficient (Wildman–Crippen LogP) is 6.99. The first-order valence-electron chi connectivity index (χ1n) is 10.8. The second kappa shape index (κ2) is 9.66. The summed E-state index contributed by atoms with van der Waals surface area (Å²) in [5, 5.41) is 22.2. The van der Waals surface area contributed by atoms with Crippen molar-refractivity contribution >= 4 is 34.4 Å². The van der Waals surface area contributed by atoms with Crippen molar-refractivity contribution in [2.75, 3.05) is 0 Å². The van der Waals surface area contributed by atoms with E-state index < -0.39 is 21.2 Å². The van der Waals surface area contributed by atoms with Crippen LogP contribution in [0.3, 0.4) is 0 Å². The Kier molecular flexibility index (Phi) is 6.08. The van der Waals surface area contributed by atoms with Gasteiger partial charge in [0.25, 0.3) is 5.69 Å². The standard InChI is InChI=1S/C26H15FN4O6/c27-18-3-1-2-17(12-18)26-29-22-13-19(6-10-24(22)37-26)28-15-16-4-8-21(9-5-16)36-25-11-7-20(30(32)33)14-23(25)31(34)35/h1-15H. The molecular weight excluding hydrogens is 483 g/mol. The predicted molar refractivity (Wildman–Crippen MR) is 133 cm³/mol. The molecule has 0 aliphatic heterocycles. The number of aliphatic imine (C=N–C) groups is 1. The van der Waals surface area contributed by atoms with Gasteiger partial charge in [0.1, 0.15) is 17.1 Å². The zero-order chi connectivity index (χ0) is 25.9. The van der Waals surface area contributed by atoms with E-state index in [1.54, 1.807) is 60.8 Å². The summed E-state index contributed by atoms with van der Waals surface area (Å²) in [4.78, 5) is 29.6. The molecule has 37 heavy (non-hydrogen) atoms. The van der Waals surface area contributed by atoms with Gasteiger partial charge in [0, 0.05) is 17.8 Å². The second-order valence-corrected chi connectivity index (χ2v) is 7.78. The summed E-state index contributed by atoms with van der Waals surface area (Å²) in [6.07, 6.45) is 1.62. The number of ether oxygens (including phenoxy) is 1. The van der Waals surface area contributed by atoms with Crippen LogP contribution in [0.4, 0.5) is 21.5 Å². The summed E-state index contributed by atoms with van der Waals surface area (Å²) in [6, 6.07) is 21.0. The third-order valence-electron chi connectivity index (χ3n) is 5.26. The van der Waals surface area contributed by atoms with Crippen LogP contribution < -0.4 is 4.74 Å². The molecule has 0 unspecified atom stereocenters. The lowest BCUT2D eigenvalue weighted by molar-refractivity contribution is -0.394.